The van der Waals surface area contributed by atoms with Gasteiger partial charge in [-0.05, 0) is 19.1 Å². The Hall–Kier alpha value is -2.76. The second-order valence-electron chi connectivity index (χ2n) is 4.23. The van der Waals surface area contributed by atoms with E-state index >= 15 is 0 Å². The van der Waals surface area contributed by atoms with Crippen LogP contribution in [-0.4, -0.2) is 18.6 Å². The fraction of sp³-hybridized carbons (Fsp3) is 0.200. The van der Waals surface area contributed by atoms with Gasteiger partial charge in [-0.2, -0.15) is 0 Å². The SMILES string of the molecule is CCOc1cccc(Oc2cc(NC)cc([N+](=O)[O-])c2)c1. The molecule has 0 spiro atoms. The van der Waals surface area contributed by atoms with Crippen molar-refractivity contribution >= 4 is 11.4 Å². The van der Waals surface area contributed by atoms with Crippen molar-refractivity contribution < 1.29 is 14.4 Å². The number of nitrogens with one attached hydrogen (secondary N) is 1. The Kier molecular flexibility index (Phi) is 4.61. The van der Waals surface area contributed by atoms with Gasteiger partial charge < -0.3 is 14.8 Å². The quantitative estimate of drug-likeness (QED) is 0.646. The van der Waals surface area contributed by atoms with E-state index in [1.807, 2.05) is 13.0 Å². The predicted octanol–water partition coefficient (Wildman–Crippen LogP) is 3.83. The maximum atomic E-state index is 10.9. The molecular formula is C15H16N2O4. The molecule has 6 nitrogen and oxygen atoms in total. The minimum absolute atomic E-state index is 0.0298. The van der Waals surface area contributed by atoms with Gasteiger partial charge in [0.25, 0.3) is 5.69 Å². The van der Waals surface area contributed by atoms with Crippen molar-refractivity contribution in [1.29, 1.82) is 0 Å². The van der Waals surface area contributed by atoms with Gasteiger partial charge in [0, 0.05) is 30.9 Å². The van der Waals surface area contributed by atoms with Crippen LogP contribution in [0.25, 0.3) is 0 Å². The van der Waals surface area contributed by atoms with Crippen molar-refractivity contribution in [3.63, 3.8) is 0 Å². The highest BCUT2D eigenvalue weighted by Crippen LogP contribution is 2.30. The van der Waals surface area contributed by atoms with Gasteiger partial charge >= 0.3 is 0 Å². The third kappa shape index (κ3) is 3.85. The van der Waals surface area contributed by atoms with Crippen LogP contribution in [0.2, 0.25) is 0 Å². The lowest BCUT2D eigenvalue weighted by atomic mass is 10.2. The van der Waals surface area contributed by atoms with Crippen LogP contribution in [-0.2, 0) is 0 Å². The van der Waals surface area contributed by atoms with E-state index in [1.165, 1.54) is 12.1 Å². The van der Waals surface area contributed by atoms with Gasteiger partial charge in [-0.15, -0.1) is 0 Å². The zero-order valence-corrected chi connectivity index (χ0v) is 11.8. The average molecular weight is 288 g/mol. The Labute approximate surface area is 122 Å². The molecule has 21 heavy (non-hydrogen) atoms. The van der Waals surface area contributed by atoms with Crippen LogP contribution in [0.3, 0.4) is 0 Å². The largest absolute Gasteiger partial charge is 0.494 e. The van der Waals surface area contributed by atoms with Crippen LogP contribution in [0, 0.1) is 10.1 Å². The van der Waals surface area contributed by atoms with Crippen molar-refractivity contribution in [2.24, 2.45) is 0 Å². The summed E-state index contributed by atoms with van der Waals surface area (Å²) >= 11 is 0. The number of nitrogens with zero attached hydrogens (tertiary/aromatic N) is 1. The standard InChI is InChI=1S/C15H16N2O4/c1-3-20-13-5-4-6-14(10-13)21-15-8-11(16-2)7-12(9-15)17(18)19/h4-10,16H,3H2,1-2H3. The number of hydrogen-bond donors (Lipinski definition) is 1. The number of hydrogen-bond acceptors (Lipinski definition) is 5. The van der Waals surface area contributed by atoms with Gasteiger partial charge in [-0.25, -0.2) is 0 Å². The molecule has 0 amide bonds. The smallest absolute Gasteiger partial charge is 0.275 e. The summed E-state index contributed by atoms with van der Waals surface area (Å²) < 4.78 is 11.1. The Morgan fingerprint density at radius 3 is 2.57 bits per heavy atom. The highest BCUT2D eigenvalue weighted by molar-refractivity contribution is 5.56. The molecule has 0 fully saturated rings. The van der Waals surface area contributed by atoms with E-state index in [1.54, 1.807) is 31.3 Å². The average Bonchev–Trinajstić information content (AvgIpc) is 2.47. The summed E-state index contributed by atoms with van der Waals surface area (Å²) in [6.45, 7) is 2.46. The van der Waals surface area contributed by atoms with E-state index < -0.39 is 4.92 Å². The molecule has 0 aliphatic rings. The van der Waals surface area contributed by atoms with E-state index in [0.717, 1.165) is 0 Å². The summed E-state index contributed by atoms with van der Waals surface area (Å²) in [7, 11) is 1.69. The highest BCUT2D eigenvalue weighted by Gasteiger charge is 2.11. The summed E-state index contributed by atoms with van der Waals surface area (Å²) in [5, 5.41) is 13.8. The van der Waals surface area contributed by atoms with Crippen molar-refractivity contribution in [1.82, 2.24) is 0 Å². The number of rotatable bonds is 6. The molecule has 0 heterocycles. The van der Waals surface area contributed by atoms with Crippen LogP contribution in [0.4, 0.5) is 11.4 Å². The maximum Gasteiger partial charge on any atom is 0.275 e. The molecule has 0 atom stereocenters. The van der Waals surface area contributed by atoms with Gasteiger partial charge in [-0.1, -0.05) is 6.07 Å². The number of benzene rings is 2. The Morgan fingerprint density at radius 1 is 1.14 bits per heavy atom. The Balaban J connectivity index is 2.28. The van der Waals surface area contributed by atoms with Crippen molar-refractivity contribution in [2.45, 2.75) is 6.92 Å². The first kappa shape index (κ1) is 14.6. The van der Waals surface area contributed by atoms with Crippen LogP contribution in [0.5, 0.6) is 17.2 Å². The number of non-ortho nitro benzene ring substituents is 1. The first-order valence-corrected chi connectivity index (χ1v) is 6.50. The van der Waals surface area contributed by atoms with E-state index in [0.29, 0.717) is 29.5 Å². The molecule has 1 N–H and O–H groups in total. The number of nitro benzene ring substituents is 1. The van der Waals surface area contributed by atoms with Gasteiger partial charge in [0.15, 0.2) is 0 Å². The summed E-state index contributed by atoms with van der Waals surface area (Å²) in [6.07, 6.45) is 0. The molecule has 0 aliphatic heterocycles. The first-order chi connectivity index (χ1) is 10.1. The summed E-state index contributed by atoms with van der Waals surface area (Å²) in [5.74, 6) is 1.64. The van der Waals surface area contributed by atoms with Crippen molar-refractivity contribution in [3.8, 4) is 17.2 Å². The van der Waals surface area contributed by atoms with E-state index in [-0.39, 0.29) is 5.69 Å². The molecule has 0 aliphatic carbocycles. The molecule has 2 aromatic rings. The molecule has 0 radical (unpaired) electrons. The normalized spacial score (nSPS) is 10.0. The summed E-state index contributed by atoms with van der Waals surface area (Å²) in [6, 6.07) is 11.7. The van der Waals surface area contributed by atoms with Crippen LogP contribution in [0.15, 0.2) is 42.5 Å². The molecule has 2 aromatic carbocycles. The molecular weight excluding hydrogens is 272 g/mol. The van der Waals surface area contributed by atoms with Gasteiger partial charge in [-0.3, -0.25) is 10.1 Å². The second kappa shape index (κ2) is 6.60. The van der Waals surface area contributed by atoms with Gasteiger partial charge in [0.05, 0.1) is 17.6 Å². The number of nitro groups is 1. The lowest BCUT2D eigenvalue weighted by molar-refractivity contribution is -0.384. The van der Waals surface area contributed by atoms with Gasteiger partial charge in [0.2, 0.25) is 0 Å². The molecule has 0 saturated carbocycles. The van der Waals surface area contributed by atoms with E-state index in [4.69, 9.17) is 9.47 Å². The van der Waals surface area contributed by atoms with Crippen molar-refractivity contribution in [2.75, 3.05) is 19.0 Å². The van der Waals surface area contributed by atoms with E-state index in [2.05, 4.69) is 5.32 Å². The fourth-order valence-electron chi connectivity index (χ4n) is 1.82. The van der Waals surface area contributed by atoms with Gasteiger partial charge in [0.1, 0.15) is 17.2 Å². The lowest BCUT2D eigenvalue weighted by Crippen LogP contribution is -1.95. The maximum absolute atomic E-state index is 10.9. The second-order valence-corrected chi connectivity index (χ2v) is 4.23. The Morgan fingerprint density at radius 2 is 1.90 bits per heavy atom. The third-order valence-corrected chi connectivity index (χ3v) is 2.74. The number of anilines is 1. The summed E-state index contributed by atoms with van der Waals surface area (Å²) in [4.78, 5) is 10.5. The Bertz CT molecular complexity index is 643. The fourth-order valence-corrected chi connectivity index (χ4v) is 1.82. The van der Waals surface area contributed by atoms with Crippen LogP contribution >= 0.6 is 0 Å². The molecule has 0 unspecified atom stereocenters. The molecule has 0 bridgehead atoms. The number of ether oxygens (including phenoxy) is 2. The molecule has 110 valence electrons. The zero-order valence-electron chi connectivity index (χ0n) is 11.8. The minimum atomic E-state index is -0.454. The third-order valence-electron chi connectivity index (χ3n) is 2.74. The molecule has 0 aromatic heterocycles. The van der Waals surface area contributed by atoms with Crippen LogP contribution < -0.4 is 14.8 Å². The monoisotopic (exact) mass is 288 g/mol. The highest BCUT2D eigenvalue weighted by atomic mass is 16.6. The zero-order chi connectivity index (χ0) is 15.2. The molecule has 0 saturated heterocycles. The first-order valence-electron chi connectivity index (χ1n) is 6.50. The topological polar surface area (TPSA) is 73.6 Å². The molecule has 6 heteroatoms. The summed E-state index contributed by atoms with van der Waals surface area (Å²) in [5.41, 5.74) is 0.581. The van der Waals surface area contributed by atoms with Crippen molar-refractivity contribution in [3.05, 3.63) is 52.6 Å². The minimum Gasteiger partial charge on any atom is -0.494 e. The van der Waals surface area contributed by atoms with E-state index in [9.17, 15) is 10.1 Å². The molecule has 2 rings (SSSR count). The predicted molar refractivity (Wildman–Crippen MR) is 80.3 cm³/mol. The lowest BCUT2D eigenvalue weighted by Gasteiger charge is -2.09. The van der Waals surface area contributed by atoms with Crippen LogP contribution in [0.1, 0.15) is 6.92 Å².